The van der Waals surface area contributed by atoms with Crippen molar-refractivity contribution in [1.82, 2.24) is 5.32 Å². The highest BCUT2D eigenvalue weighted by Crippen LogP contribution is 2.16. The van der Waals surface area contributed by atoms with Crippen molar-refractivity contribution < 1.29 is 18.0 Å². The molecule has 0 aliphatic rings. The first-order valence-electron chi connectivity index (χ1n) is 5.73. The molecule has 0 radical (unpaired) electrons. The second-order valence-electron chi connectivity index (χ2n) is 4.14. The highest BCUT2D eigenvalue weighted by Gasteiger charge is 2.24. The minimum absolute atomic E-state index is 0.180. The smallest absolute Gasteiger partial charge is 0.317 e. The Balaban J connectivity index is 3.01. The van der Waals surface area contributed by atoms with E-state index in [-0.39, 0.29) is 10.9 Å². The van der Waals surface area contributed by atoms with Crippen molar-refractivity contribution in [3.05, 3.63) is 29.3 Å². The van der Waals surface area contributed by atoms with Gasteiger partial charge in [0.05, 0.1) is 4.90 Å². The molecule has 1 N–H and O–H groups in total. The quantitative estimate of drug-likeness (QED) is 0.395. The van der Waals surface area contributed by atoms with E-state index in [0.717, 1.165) is 0 Å². The fraction of sp³-hybridized carbons (Fsp3) is 0.250. The van der Waals surface area contributed by atoms with Gasteiger partial charge < -0.3 is 5.32 Å². The zero-order chi connectivity index (χ0) is 16.0. The number of carbonyl (C=O) groups is 1. The summed E-state index contributed by atoms with van der Waals surface area (Å²) in [4.78, 5) is 15.4. The first-order valence-corrected chi connectivity index (χ1v) is 7.59. The van der Waals surface area contributed by atoms with E-state index < -0.39 is 21.0 Å². The van der Waals surface area contributed by atoms with Gasteiger partial charge in [0.15, 0.2) is 0 Å². The van der Waals surface area contributed by atoms with Gasteiger partial charge in [0.2, 0.25) is 9.84 Å². The monoisotopic (exact) mass is 329 g/mol. The van der Waals surface area contributed by atoms with Crippen LogP contribution in [0.15, 0.2) is 34.3 Å². The molecular formula is C12H12ClN3O4S. The van der Waals surface area contributed by atoms with Crippen LogP contribution in [0.2, 0.25) is 5.02 Å². The van der Waals surface area contributed by atoms with E-state index in [2.05, 4.69) is 15.3 Å². The summed E-state index contributed by atoms with van der Waals surface area (Å²) in [6, 6.07) is 6.33. The number of nitrogens with zero attached hydrogens (tertiary/aromatic N) is 2. The zero-order valence-corrected chi connectivity index (χ0v) is 12.8. The number of hydrogen-bond acceptors (Lipinski definition) is 6. The summed E-state index contributed by atoms with van der Waals surface area (Å²) in [5.41, 5.74) is 0. The van der Waals surface area contributed by atoms with Crippen molar-refractivity contribution in [3.63, 3.8) is 0 Å². The van der Waals surface area contributed by atoms with Gasteiger partial charge in [-0.3, -0.25) is 4.84 Å². The summed E-state index contributed by atoms with van der Waals surface area (Å²) in [6.45, 7) is 3.36. The van der Waals surface area contributed by atoms with E-state index in [1.165, 1.54) is 30.3 Å². The number of nitrogens with one attached hydrogen (secondary N) is 1. The number of sulfone groups is 1. The Morgan fingerprint density at radius 3 is 2.43 bits per heavy atom. The number of nitriles is 1. The summed E-state index contributed by atoms with van der Waals surface area (Å²) in [7, 11) is -4.17. The van der Waals surface area contributed by atoms with Crippen molar-refractivity contribution in [2.75, 3.05) is 0 Å². The highest BCUT2D eigenvalue weighted by molar-refractivity contribution is 8.07. The molecule has 0 aliphatic heterocycles. The highest BCUT2D eigenvalue weighted by atomic mass is 35.5. The molecule has 1 aromatic carbocycles. The van der Waals surface area contributed by atoms with Gasteiger partial charge in [-0.05, 0) is 43.3 Å². The van der Waals surface area contributed by atoms with Crippen molar-refractivity contribution in [3.8, 4) is 6.07 Å². The standard InChI is InChI=1S/C12H12ClN3O4S/c1-8(2)15-12(17)20-16-11(7-14)21(18,19)10-5-3-9(13)4-6-10/h3-6,8H,1-2H3,(H,15,17). The second-order valence-corrected chi connectivity index (χ2v) is 6.44. The first kappa shape index (κ1) is 16.9. The molecule has 21 heavy (non-hydrogen) atoms. The molecule has 7 nitrogen and oxygen atoms in total. The molecule has 0 spiro atoms. The maximum absolute atomic E-state index is 12.1. The number of oxime groups is 1. The van der Waals surface area contributed by atoms with Crippen LogP contribution in [0, 0.1) is 11.3 Å². The molecule has 0 fully saturated rings. The van der Waals surface area contributed by atoms with Crippen LogP contribution >= 0.6 is 11.6 Å². The summed E-state index contributed by atoms with van der Waals surface area (Å²) < 4.78 is 24.2. The molecule has 0 heterocycles. The number of rotatable bonds is 3. The van der Waals surface area contributed by atoms with Crippen LogP contribution in [0.5, 0.6) is 0 Å². The van der Waals surface area contributed by atoms with E-state index in [1.54, 1.807) is 13.8 Å². The molecule has 1 amide bonds. The summed E-state index contributed by atoms with van der Waals surface area (Å²) in [5.74, 6) is 0. The van der Waals surface area contributed by atoms with E-state index in [1.807, 2.05) is 0 Å². The molecule has 0 bridgehead atoms. The average Bonchev–Trinajstić information content (AvgIpc) is 2.38. The lowest BCUT2D eigenvalue weighted by Crippen LogP contribution is -2.30. The molecule has 0 saturated heterocycles. The molecule has 0 saturated carbocycles. The SMILES string of the molecule is CC(C)NC(=O)ON=C(C#N)S(=O)(=O)c1ccc(Cl)cc1. The molecule has 9 heteroatoms. The van der Waals surface area contributed by atoms with E-state index >= 15 is 0 Å². The summed E-state index contributed by atoms with van der Waals surface area (Å²) in [6.07, 6.45) is -0.955. The van der Waals surface area contributed by atoms with Crippen LogP contribution in [0.4, 0.5) is 4.79 Å². The van der Waals surface area contributed by atoms with Gasteiger partial charge in [-0.2, -0.15) is 5.26 Å². The lowest BCUT2D eigenvalue weighted by molar-refractivity contribution is 0.148. The Kier molecular flexibility index (Phi) is 5.69. The maximum atomic E-state index is 12.1. The Bertz CT molecular complexity index is 690. The predicted molar refractivity (Wildman–Crippen MR) is 76.4 cm³/mol. The van der Waals surface area contributed by atoms with Crippen LogP contribution < -0.4 is 5.32 Å². The van der Waals surface area contributed by atoms with Crippen LogP contribution in [-0.4, -0.2) is 25.6 Å². The van der Waals surface area contributed by atoms with Gasteiger partial charge in [-0.25, -0.2) is 13.2 Å². The van der Waals surface area contributed by atoms with Crippen LogP contribution in [0.1, 0.15) is 13.8 Å². The van der Waals surface area contributed by atoms with E-state index in [4.69, 9.17) is 16.9 Å². The molecule has 0 aliphatic carbocycles. The Labute approximate surface area is 127 Å². The topological polar surface area (TPSA) is 109 Å². The van der Waals surface area contributed by atoms with Gasteiger partial charge in [0, 0.05) is 11.1 Å². The normalized spacial score (nSPS) is 11.9. The van der Waals surface area contributed by atoms with E-state index in [9.17, 15) is 13.2 Å². The number of hydrogen-bond donors (Lipinski definition) is 1. The molecule has 112 valence electrons. The predicted octanol–water partition coefficient (Wildman–Crippen LogP) is 2.09. The Morgan fingerprint density at radius 1 is 1.38 bits per heavy atom. The lowest BCUT2D eigenvalue weighted by atomic mass is 10.4. The molecule has 0 unspecified atom stereocenters. The lowest BCUT2D eigenvalue weighted by Gasteiger charge is -2.05. The largest absolute Gasteiger partial charge is 0.433 e. The van der Waals surface area contributed by atoms with Crippen LogP contribution in [0.3, 0.4) is 0 Å². The number of benzene rings is 1. The van der Waals surface area contributed by atoms with Gasteiger partial charge in [-0.1, -0.05) is 11.6 Å². The van der Waals surface area contributed by atoms with E-state index in [0.29, 0.717) is 5.02 Å². The number of amides is 1. The summed E-state index contributed by atoms with van der Waals surface area (Å²) in [5, 5.41) is 13.7. The molecule has 1 rings (SSSR count). The zero-order valence-electron chi connectivity index (χ0n) is 11.2. The minimum atomic E-state index is -4.17. The van der Waals surface area contributed by atoms with Gasteiger partial charge in [0.25, 0.3) is 5.04 Å². The molecular weight excluding hydrogens is 318 g/mol. The maximum Gasteiger partial charge on any atom is 0.433 e. The number of halogens is 1. The van der Waals surface area contributed by atoms with Crippen molar-refractivity contribution in [2.24, 2.45) is 5.16 Å². The van der Waals surface area contributed by atoms with Gasteiger partial charge in [-0.15, -0.1) is 0 Å². The fourth-order valence-electron chi connectivity index (χ4n) is 1.20. The Morgan fingerprint density at radius 2 is 1.95 bits per heavy atom. The first-order chi connectivity index (χ1) is 9.77. The molecule has 0 aromatic heterocycles. The third kappa shape index (κ3) is 4.73. The number of carbonyl (C=O) groups excluding carboxylic acids is 1. The van der Waals surface area contributed by atoms with Crippen molar-refractivity contribution >= 4 is 32.6 Å². The molecule has 1 aromatic rings. The van der Waals surface area contributed by atoms with Gasteiger partial charge in [0.1, 0.15) is 6.07 Å². The van der Waals surface area contributed by atoms with Crippen molar-refractivity contribution in [2.45, 2.75) is 24.8 Å². The molecule has 0 atom stereocenters. The van der Waals surface area contributed by atoms with Gasteiger partial charge >= 0.3 is 6.09 Å². The second kappa shape index (κ2) is 7.06. The van der Waals surface area contributed by atoms with Crippen LogP contribution in [0.25, 0.3) is 0 Å². The third-order valence-corrected chi connectivity index (χ3v) is 3.91. The average molecular weight is 330 g/mol. The fourth-order valence-corrected chi connectivity index (χ4v) is 2.30. The van der Waals surface area contributed by atoms with Crippen LogP contribution in [-0.2, 0) is 14.7 Å². The Hall–Kier alpha value is -2.11. The third-order valence-electron chi connectivity index (χ3n) is 2.09. The van der Waals surface area contributed by atoms with Crippen molar-refractivity contribution in [1.29, 1.82) is 5.26 Å². The minimum Gasteiger partial charge on any atom is -0.317 e. The summed E-state index contributed by atoms with van der Waals surface area (Å²) >= 11 is 5.66.